The van der Waals surface area contributed by atoms with Gasteiger partial charge in [0, 0.05) is 25.0 Å². The van der Waals surface area contributed by atoms with Crippen molar-refractivity contribution >= 4 is 38.3 Å². The van der Waals surface area contributed by atoms with E-state index in [9.17, 15) is 4.79 Å². The van der Waals surface area contributed by atoms with E-state index in [0.717, 1.165) is 43.6 Å². The molecule has 20 heavy (non-hydrogen) atoms. The van der Waals surface area contributed by atoms with Crippen LogP contribution in [0.15, 0.2) is 9.98 Å². The van der Waals surface area contributed by atoms with E-state index in [4.69, 9.17) is 0 Å². The lowest BCUT2D eigenvalue weighted by atomic mass is 9.97. The van der Waals surface area contributed by atoms with E-state index in [-0.39, 0.29) is 11.8 Å². The summed E-state index contributed by atoms with van der Waals surface area (Å²) < 4.78 is 0.772. The van der Waals surface area contributed by atoms with Crippen LogP contribution in [-0.2, 0) is 4.79 Å². The van der Waals surface area contributed by atoms with E-state index in [1.165, 1.54) is 11.3 Å². The van der Waals surface area contributed by atoms with Gasteiger partial charge in [-0.1, -0.05) is 0 Å². The molecule has 2 rings (SSSR count). The summed E-state index contributed by atoms with van der Waals surface area (Å²) in [5.74, 6) is 0.176. The summed E-state index contributed by atoms with van der Waals surface area (Å²) in [4.78, 5) is 21.0. The fourth-order valence-corrected chi connectivity index (χ4v) is 3.48. The van der Waals surface area contributed by atoms with Crippen molar-refractivity contribution in [2.75, 3.05) is 45.6 Å². The number of rotatable bonds is 5. The molecule has 0 saturated carbocycles. The predicted molar refractivity (Wildman–Crippen MR) is 86.2 cm³/mol. The van der Waals surface area contributed by atoms with Crippen LogP contribution in [0.2, 0.25) is 0 Å². The van der Waals surface area contributed by atoms with Crippen LogP contribution in [-0.4, -0.2) is 61.0 Å². The topological polar surface area (TPSA) is 48.5 Å². The lowest BCUT2D eigenvalue weighted by molar-refractivity contribution is -0.121. The van der Waals surface area contributed by atoms with Gasteiger partial charge in [-0.15, -0.1) is 11.3 Å². The molecule has 0 aromatic carbocycles. The normalized spacial score (nSPS) is 20.3. The first kappa shape index (κ1) is 15.9. The quantitative estimate of drug-likeness (QED) is 0.873. The lowest BCUT2D eigenvalue weighted by Crippen LogP contribution is -2.43. The van der Waals surface area contributed by atoms with Crippen LogP contribution in [0, 0.1) is 5.92 Å². The van der Waals surface area contributed by atoms with Crippen LogP contribution in [0.3, 0.4) is 0 Å². The van der Waals surface area contributed by atoms with Gasteiger partial charge in [0.05, 0.1) is 5.92 Å². The number of carbonyl (C=O) groups is 1. The fraction of sp³-hybridized carbons (Fsp3) is 0.692. The molecule has 1 atom stereocenters. The number of piperidine rings is 1. The van der Waals surface area contributed by atoms with Gasteiger partial charge >= 0.3 is 0 Å². The average molecular weight is 361 g/mol. The molecule has 5 nitrogen and oxygen atoms in total. The molecule has 1 amide bonds. The minimum Gasteiger partial charge on any atom is -0.308 e. The number of carbonyl (C=O) groups excluding carboxylic acids is 1. The van der Waals surface area contributed by atoms with Crippen molar-refractivity contribution < 1.29 is 4.79 Å². The third-order valence-electron chi connectivity index (χ3n) is 3.45. The number of likely N-dealkylation sites (N-methyl/N-ethyl adjacent to an activating group) is 1. The highest BCUT2D eigenvalue weighted by Gasteiger charge is 2.26. The second-order valence-corrected chi connectivity index (χ2v) is 7.08. The van der Waals surface area contributed by atoms with E-state index in [0.29, 0.717) is 5.13 Å². The summed E-state index contributed by atoms with van der Waals surface area (Å²) in [7, 11) is 4.16. The fourth-order valence-electron chi connectivity index (χ4n) is 2.33. The molecule has 7 heteroatoms. The zero-order valence-electron chi connectivity index (χ0n) is 11.9. The number of aromatic nitrogens is 1. The molecule has 0 spiro atoms. The van der Waals surface area contributed by atoms with Crippen molar-refractivity contribution in [1.82, 2.24) is 14.8 Å². The summed E-state index contributed by atoms with van der Waals surface area (Å²) in [5.41, 5.74) is 0. The monoisotopic (exact) mass is 360 g/mol. The van der Waals surface area contributed by atoms with Gasteiger partial charge in [-0.05, 0) is 49.4 Å². The van der Waals surface area contributed by atoms with Crippen LogP contribution in [0.1, 0.15) is 12.8 Å². The molecule has 1 saturated heterocycles. The molecule has 0 aliphatic carbocycles. The van der Waals surface area contributed by atoms with E-state index in [1.54, 1.807) is 0 Å². The third-order valence-corrected chi connectivity index (χ3v) is 4.91. The van der Waals surface area contributed by atoms with Gasteiger partial charge in [-0.25, -0.2) is 4.98 Å². The Labute approximate surface area is 132 Å². The number of hydrogen-bond acceptors (Lipinski definition) is 5. The Morgan fingerprint density at radius 3 is 3.10 bits per heavy atom. The standard InChI is InChI=1S/C13H21BrN4OS/c1-17(2)6-7-18-5-3-4-10(8-18)12(19)16-13-15-11(14)9-20-13/h9-10H,3-8H2,1-2H3,(H,15,16,19). The van der Waals surface area contributed by atoms with Crippen molar-refractivity contribution in [2.24, 2.45) is 5.92 Å². The van der Waals surface area contributed by atoms with Gasteiger partial charge < -0.3 is 15.1 Å². The second-order valence-electron chi connectivity index (χ2n) is 5.41. The largest absolute Gasteiger partial charge is 0.308 e. The minimum absolute atomic E-state index is 0.0774. The third kappa shape index (κ3) is 4.80. The zero-order valence-corrected chi connectivity index (χ0v) is 14.3. The maximum absolute atomic E-state index is 12.3. The van der Waals surface area contributed by atoms with Gasteiger partial charge in [0.2, 0.25) is 5.91 Å². The molecule has 1 N–H and O–H groups in total. The zero-order chi connectivity index (χ0) is 14.5. The predicted octanol–water partition coefficient (Wildman–Crippen LogP) is 2.12. The molecule has 1 aromatic heterocycles. The molecule has 1 unspecified atom stereocenters. The second kappa shape index (κ2) is 7.49. The number of hydrogen-bond donors (Lipinski definition) is 1. The van der Waals surface area contributed by atoms with Gasteiger partial charge in [0.15, 0.2) is 5.13 Å². The number of halogens is 1. The van der Waals surface area contributed by atoms with Crippen LogP contribution in [0.25, 0.3) is 0 Å². The Morgan fingerprint density at radius 2 is 2.45 bits per heavy atom. The molecule has 1 aliphatic rings. The van der Waals surface area contributed by atoms with E-state index in [1.807, 2.05) is 5.38 Å². The van der Waals surface area contributed by atoms with Gasteiger partial charge in [-0.3, -0.25) is 4.79 Å². The van der Waals surface area contributed by atoms with E-state index >= 15 is 0 Å². The Bertz CT molecular complexity index is 451. The van der Waals surface area contributed by atoms with E-state index < -0.39 is 0 Å². The summed E-state index contributed by atoms with van der Waals surface area (Å²) in [6, 6.07) is 0. The molecular formula is C13H21BrN4OS. The first-order valence-corrected chi connectivity index (χ1v) is 8.51. The maximum Gasteiger partial charge on any atom is 0.230 e. The van der Waals surface area contributed by atoms with Gasteiger partial charge in [-0.2, -0.15) is 0 Å². The Morgan fingerprint density at radius 1 is 1.65 bits per heavy atom. The lowest BCUT2D eigenvalue weighted by Gasteiger charge is -2.32. The van der Waals surface area contributed by atoms with Crippen LogP contribution >= 0.6 is 27.3 Å². The molecule has 0 bridgehead atoms. The van der Waals surface area contributed by atoms with Crippen molar-refractivity contribution in [3.05, 3.63) is 9.98 Å². The van der Waals surface area contributed by atoms with Crippen LogP contribution < -0.4 is 5.32 Å². The Balaban J connectivity index is 1.83. The number of amides is 1. The number of likely N-dealkylation sites (tertiary alicyclic amines) is 1. The highest BCUT2D eigenvalue weighted by molar-refractivity contribution is 9.10. The molecule has 1 fully saturated rings. The summed E-state index contributed by atoms with van der Waals surface area (Å²) in [6.07, 6.45) is 2.06. The Kier molecular flexibility index (Phi) is 5.95. The minimum atomic E-state index is 0.0774. The number of anilines is 1. The number of thiazole rings is 1. The summed E-state index contributed by atoms with van der Waals surface area (Å²) in [6.45, 7) is 4.01. The SMILES string of the molecule is CN(C)CCN1CCCC(C(=O)Nc2nc(Br)cs2)C1. The van der Waals surface area contributed by atoms with Crippen LogP contribution in [0.5, 0.6) is 0 Å². The Hall–Kier alpha value is -0.500. The van der Waals surface area contributed by atoms with E-state index in [2.05, 4.69) is 50.1 Å². The first-order chi connectivity index (χ1) is 9.54. The van der Waals surface area contributed by atoms with Crippen molar-refractivity contribution in [3.8, 4) is 0 Å². The molecular weight excluding hydrogens is 340 g/mol. The molecule has 0 radical (unpaired) electrons. The van der Waals surface area contributed by atoms with Gasteiger partial charge in [0.25, 0.3) is 0 Å². The maximum atomic E-state index is 12.3. The number of nitrogens with one attached hydrogen (secondary N) is 1. The first-order valence-electron chi connectivity index (χ1n) is 6.83. The van der Waals surface area contributed by atoms with Crippen LogP contribution in [0.4, 0.5) is 5.13 Å². The molecule has 112 valence electrons. The molecule has 1 aliphatic heterocycles. The molecule has 2 heterocycles. The summed E-state index contributed by atoms with van der Waals surface area (Å²) >= 11 is 4.74. The van der Waals surface area contributed by atoms with Crippen molar-refractivity contribution in [3.63, 3.8) is 0 Å². The van der Waals surface area contributed by atoms with Gasteiger partial charge in [0.1, 0.15) is 4.60 Å². The molecule has 1 aromatic rings. The highest BCUT2D eigenvalue weighted by atomic mass is 79.9. The smallest absolute Gasteiger partial charge is 0.230 e. The van der Waals surface area contributed by atoms with Crippen molar-refractivity contribution in [2.45, 2.75) is 12.8 Å². The number of nitrogens with zero attached hydrogens (tertiary/aromatic N) is 3. The highest BCUT2D eigenvalue weighted by Crippen LogP contribution is 2.22. The average Bonchev–Trinajstić information content (AvgIpc) is 2.82. The summed E-state index contributed by atoms with van der Waals surface area (Å²) in [5, 5.41) is 5.47. The van der Waals surface area contributed by atoms with Crippen molar-refractivity contribution in [1.29, 1.82) is 0 Å².